The number of nitrogens with one attached hydrogen (secondary N) is 2. The second-order valence-electron chi connectivity index (χ2n) is 5.67. The van der Waals surface area contributed by atoms with Gasteiger partial charge in [0.2, 0.25) is 0 Å². The average Bonchev–Trinajstić information content (AvgIpc) is 2.57. The van der Waals surface area contributed by atoms with Gasteiger partial charge in [-0.3, -0.25) is 9.59 Å². The number of carbonyl (C=O) groups is 2. The first-order valence-corrected chi connectivity index (χ1v) is 8.86. The van der Waals surface area contributed by atoms with Crippen LogP contribution < -0.4 is 15.4 Å². The Morgan fingerprint density at radius 1 is 1.12 bits per heavy atom. The fourth-order valence-corrected chi connectivity index (χ4v) is 2.70. The first kappa shape index (κ1) is 19.0. The lowest BCUT2D eigenvalue weighted by Crippen LogP contribution is -2.24. The monoisotopic (exact) mass is 404 g/mol. The molecule has 6 heteroatoms. The fraction of sp³-hybridized carbons (Fsp3) is 0.263. The Labute approximate surface area is 155 Å². The molecule has 0 aliphatic heterocycles. The van der Waals surface area contributed by atoms with E-state index in [4.69, 9.17) is 4.74 Å². The van der Waals surface area contributed by atoms with E-state index in [0.29, 0.717) is 33.6 Å². The van der Waals surface area contributed by atoms with Gasteiger partial charge >= 0.3 is 0 Å². The first-order valence-electron chi connectivity index (χ1n) is 8.07. The zero-order chi connectivity index (χ0) is 18.4. The molecule has 0 spiro atoms. The van der Waals surface area contributed by atoms with E-state index in [1.165, 1.54) is 0 Å². The van der Waals surface area contributed by atoms with Crippen molar-refractivity contribution < 1.29 is 14.3 Å². The minimum absolute atomic E-state index is 0.0416. The summed E-state index contributed by atoms with van der Waals surface area (Å²) in [6.07, 6.45) is 0.0416. The van der Waals surface area contributed by atoms with Gasteiger partial charge in [0.05, 0.1) is 21.8 Å². The van der Waals surface area contributed by atoms with Gasteiger partial charge < -0.3 is 15.4 Å². The highest BCUT2D eigenvalue weighted by molar-refractivity contribution is 9.10. The van der Waals surface area contributed by atoms with Crippen LogP contribution in [0.25, 0.3) is 0 Å². The Morgan fingerprint density at radius 2 is 1.84 bits per heavy atom. The molecule has 2 aromatic carbocycles. The molecule has 2 rings (SSSR count). The summed E-state index contributed by atoms with van der Waals surface area (Å²) in [5, 5.41) is 5.53. The number of hydrogen-bond acceptors (Lipinski definition) is 3. The van der Waals surface area contributed by atoms with Crippen molar-refractivity contribution in [3.63, 3.8) is 0 Å². The van der Waals surface area contributed by atoms with Crippen molar-refractivity contribution in [3.8, 4) is 5.75 Å². The van der Waals surface area contributed by atoms with Crippen LogP contribution in [0.1, 0.15) is 41.5 Å². The predicted molar refractivity (Wildman–Crippen MR) is 102 cm³/mol. The normalized spacial score (nSPS) is 10.4. The molecule has 132 valence electrons. The van der Waals surface area contributed by atoms with Gasteiger partial charge in [-0.25, -0.2) is 0 Å². The smallest absolute Gasteiger partial charge is 0.255 e. The molecule has 0 bridgehead atoms. The molecule has 2 N–H and O–H groups in total. The number of para-hydroxylation sites is 1. The molecule has 2 amide bonds. The van der Waals surface area contributed by atoms with Crippen LogP contribution in [0.4, 0.5) is 5.69 Å². The van der Waals surface area contributed by atoms with Crippen LogP contribution in [-0.4, -0.2) is 24.5 Å². The summed E-state index contributed by atoms with van der Waals surface area (Å²) < 4.78 is 6.34. The minimum atomic E-state index is -0.298. The number of anilines is 1. The summed E-state index contributed by atoms with van der Waals surface area (Å²) in [7, 11) is 0. The average molecular weight is 405 g/mol. The van der Waals surface area contributed by atoms with Crippen molar-refractivity contribution in [1.29, 1.82) is 0 Å². The van der Waals surface area contributed by atoms with Gasteiger partial charge in [-0.1, -0.05) is 12.1 Å². The van der Waals surface area contributed by atoms with E-state index >= 15 is 0 Å². The molecule has 0 atom stereocenters. The zero-order valence-electron chi connectivity index (χ0n) is 14.4. The number of hydrogen-bond donors (Lipinski definition) is 2. The Hall–Kier alpha value is -2.34. The maximum atomic E-state index is 12.5. The number of benzene rings is 2. The first-order chi connectivity index (χ1) is 11.9. The van der Waals surface area contributed by atoms with Crippen molar-refractivity contribution in [2.24, 2.45) is 0 Å². The molecular weight excluding hydrogens is 384 g/mol. The highest BCUT2D eigenvalue weighted by atomic mass is 79.9. The highest BCUT2D eigenvalue weighted by Crippen LogP contribution is 2.27. The predicted octanol–water partition coefficient (Wildman–Crippen LogP) is 4.24. The van der Waals surface area contributed by atoms with Gasteiger partial charge in [0.15, 0.2) is 0 Å². The van der Waals surface area contributed by atoms with Crippen molar-refractivity contribution in [2.75, 3.05) is 11.9 Å². The van der Waals surface area contributed by atoms with E-state index in [-0.39, 0.29) is 17.9 Å². The lowest BCUT2D eigenvalue weighted by molar-refractivity contribution is 0.0956. The third-order valence-corrected chi connectivity index (χ3v) is 3.93. The molecule has 0 aliphatic rings. The Kier molecular flexibility index (Phi) is 6.58. The van der Waals surface area contributed by atoms with E-state index in [2.05, 4.69) is 26.6 Å². The van der Waals surface area contributed by atoms with Gasteiger partial charge in [-0.2, -0.15) is 0 Å². The minimum Gasteiger partial charge on any atom is -0.490 e. The number of rotatable bonds is 6. The van der Waals surface area contributed by atoms with Gasteiger partial charge in [0.25, 0.3) is 11.8 Å². The number of halogens is 1. The topological polar surface area (TPSA) is 67.4 Å². The molecular formula is C19H21BrN2O3. The Bertz CT molecular complexity index is 775. The van der Waals surface area contributed by atoms with Crippen molar-refractivity contribution in [3.05, 3.63) is 58.1 Å². The van der Waals surface area contributed by atoms with E-state index in [1.807, 2.05) is 20.8 Å². The van der Waals surface area contributed by atoms with Crippen LogP contribution in [0.2, 0.25) is 0 Å². The molecule has 5 nitrogen and oxygen atoms in total. The number of carbonyl (C=O) groups excluding carboxylic acids is 2. The molecule has 2 aromatic rings. The highest BCUT2D eigenvalue weighted by Gasteiger charge is 2.15. The molecule has 0 saturated carbocycles. The Balaban J connectivity index is 2.20. The van der Waals surface area contributed by atoms with Crippen molar-refractivity contribution in [2.45, 2.75) is 26.9 Å². The summed E-state index contributed by atoms with van der Waals surface area (Å²) in [5.74, 6) is 0.156. The molecule has 0 fully saturated rings. The summed E-state index contributed by atoms with van der Waals surface area (Å²) in [6.45, 7) is 6.24. The van der Waals surface area contributed by atoms with E-state index in [9.17, 15) is 9.59 Å². The quantitative estimate of drug-likeness (QED) is 0.756. The zero-order valence-corrected chi connectivity index (χ0v) is 16.0. The van der Waals surface area contributed by atoms with Crippen LogP contribution in [0.5, 0.6) is 5.75 Å². The maximum Gasteiger partial charge on any atom is 0.255 e. The largest absolute Gasteiger partial charge is 0.490 e. The van der Waals surface area contributed by atoms with Gasteiger partial charge in [-0.05, 0) is 67.0 Å². The number of ether oxygens (including phenoxy) is 1. The lowest BCUT2D eigenvalue weighted by Gasteiger charge is -2.13. The van der Waals surface area contributed by atoms with E-state index < -0.39 is 0 Å². The summed E-state index contributed by atoms with van der Waals surface area (Å²) in [4.78, 5) is 24.6. The third-order valence-electron chi connectivity index (χ3n) is 3.31. The molecule has 0 radical (unpaired) electrons. The summed E-state index contributed by atoms with van der Waals surface area (Å²) in [5.41, 5.74) is 1.36. The van der Waals surface area contributed by atoms with Gasteiger partial charge in [0, 0.05) is 12.1 Å². The lowest BCUT2D eigenvalue weighted by atomic mass is 10.1. The second kappa shape index (κ2) is 8.67. The molecule has 0 aliphatic carbocycles. The van der Waals surface area contributed by atoms with Gasteiger partial charge in [-0.15, -0.1) is 0 Å². The number of amides is 2. The summed E-state index contributed by atoms with van der Waals surface area (Å²) in [6, 6.07) is 12.0. The molecule has 25 heavy (non-hydrogen) atoms. The summed E-state index contributed by atoms with van der Waals surface area (Å²) >= 11 is 3.42. The maximum absolute atomic E-state index is 12.5. The standard InChI is InChI=1S/C19H21BrN2O3/c1-4-21-19(24)14-7-5-6-8-16(14)22-18(23)13-9-10-17(15(20)11-13)25-12(2)3/h5-12H,4H2,1-3H3,(H,21,24)(H,22,23). The fourth-order valence-electron chi connectivity index (χ4n) is 2.23. The van der Waals surface area contributed by atoms with Gasteiger partial charge in [0.1, 0.15) is 5.75 Å². The van der Waals surface area contributed by atoms with Crippen molar-refractivity contribution >= 4 is 33.4 Å². The SMILES string of the molecule is CCNC(=O)c1ccccc1NC(=O)c1ccc(OC(C)C)c(Br)c1. The van der Waals surface area contributed by atoms with Crippen LogP contribution in [0.3, 0.4) is 0 Å². The van der Waals surface area contributed by atoms with Crippen LogP contribution in [0.15, 0.2) is 46.9 Å². The molecule has 0 saturated heterocycles. The van der Waals surface area contributed by atoms with Crippen LogP contribution in [-0.2, 0) is 0 Å². The van der Waals surface area contributed by atoms with Crippen molar-refractivity contribution in [1.82, 2.24) is 5.32 Å². The van der Waals surface area contributed by atoms with E-state index in [0.717, 1.165) is 0 Å². The van der Waals surface area contributed by atoms with Crippen LogP contribution in [0, 0.1) is 0 Å². The Morgan fingerprint density at radius 3 is 2.48 bits per heavy atom. The molecule has 0 unspecified atom stereocenters. The molecule has 0 heterocycles. The second-order valence-corrected chi connectivity index (χ2v) is 6.53. The van der Waals surface area contributed by atoms with Crippen LogP contribution >= 0.6 is 15.9 Å². The molecule has 0 aromatic heterocycles. The van der Waals surface area contributed by atoms with E-state index in [1.54, 1.807) is 42.5 Å². The third kappa shape index (κ3) is 5.06.